The lowest BCUT2D eigenvalue weighted by Gasteiger charge is -2.35. The standard InChI is InChI=1S/C16H22N4/c1-3-10-17-14(5-1)7-8-16-6-2-4-12-20(16)13-15-9-11-18-19-15/h1,3,5,9-11,16H,2,4,6-8,12-13H2,(H,18,19)/t16-/m1/s1. The average Bonchev–Trinajstić information content (AvgIpc) is 3.00. The molecule has 0 radical (unpaired) electrons. The van der Waals surface area contributed by atoms with Crippen molar-refractivity contribution < 1.29 is 0 Å². The van der Waals surface area contributed by atoms with E-state index in [1.54, 1.807) is 0 Å². The van der Waals surface area contributed by atoms with E-state index in [0.29, 0.717) is 6.04 Å². The molecule has 0 saturated carbocycles. The number of likely N-dealkylation sites (tertiary alicyclic amines) is 1. The first-order valence-corrected chi connectivity index (χ1v) is 7.54. The molecule has 0 amide bonds. The molecule has 0 bridgehead atoms. The first kappa shape index (κ1) is 13.3. The number of aryl methyl sites for hydroxylation is 1. The summed E-state index contributed by atoms with van der Waals surface area (Å²) in [7, 11) is 0. The van der Waals surface area contributed by atoms with Gasteiger partial charge in [-0.2, -0.15) is 5.10 Å². The highest BCUT2D eigenvalue weighted by molar-refractivity contribution is 5.04. The minimum Gasteiger partial charge on any atom is -0.295 e. The van der Waals surface area contributed by atoms with Crippen LogP contribution in [0.15, 0.2) is 36.7 Å². The van der Waals surface area contributed by atoms with Crippen molar-refractivity contribution in [3.63, 3.8) is 0 Å². The van der Waals surface area contributed by atoms with Crippen molar-refractivity contribution in [1.29, 1.82) is 0 Å². The van der Waals surface area contributed by atoms with Gasteiger partial charge >= 0.3 is 0 Å². The summed E-state index contributed by atoms with van der Waals surface area (Å²) in [5, 5.41) is 7.12. The Morgan fingerprint density at radius 3 is 3.00 bits per heavy atom. The van der Waals surface area contributed by atoms with Gasteiger partial charge in [0.2, 0.25) is 0 Å². The number of rotatable bonds is 5. The van der Waals surface area contributed by atoms with E-state index in [-0.39, 0.29) is 0 Å². The Morgan fingerprint density at radius 1 is 1.20 bits per heavy atom. The third-order valence-electron chi connectivity index (χ3n) is 4.14. The Bertz CT molecular complexity index is 494. The third-order valence-corrected chi connectivity index (χ3v) is 4.14. The Balaban J connectivity index is 1.57. The normalized spacial score (nSPS) is 20.1. The molecule has 0 spiro atoms. The summed E-state index contributed by atoms with van der Waals surface area (Å²) >= 11 is 0. The molecule has 0 aliphatic carbocycles. The molecule has 0 aromatic carbocycles. The van der Waals surface area contributed by atoms with Crippen LogP contribution in [0.2, 0.25) is 0 Å². The van der Waals surface area contributed by atoms with Gasteiger partial charge in [0.15, 0.2) is 0 Å². The summed E-state index contributed by atoms with van der Waals surface area (Å²) in [4.78, 5) is 7.03. The maximum atomic E-state index is 4.43. The molecule has 3 rings (SSSR count). The predicted octanol–water partition coefficient (Wildman–Crippen LogP) is 2.79. The summed E-state index contributed by atoms with van der Waals surface area (Å²) in [6, 6.07) is 8.93. The van der Waals surface area contributed by atoms with E-state index in [0.717, 1.165) is 13.0 Å². The first-order chi connectivity index (χ1) is 9.92. The van der Waals surface area contributed by atoms with E-state index < -0.39 is 0 Å². The molecule has 1 saturated heterocycles. The van der Waals surface area contributed by atoms with E-state index in [9.17, 15) is 0 Å². The quantitative estimate of drug-likeness (QED) is 0.908. The number of hydrogen-bond acceptors (Lipinski definition) is 3. The van der Waals surface area contributed by atoms with Gasteiger partial charge in [-0.05, 0) is 50.4 Å². The van der Waals surface area contributed by atoms with Gasteiger partial charge in [-0.15, -0.1) is 0 Å². The second-order valence-electron chi connectivity index (χ2n) is 5.56. The molecule has 1 N–H and O–H groups in total. The minimum absolute atomic E-state index is 0.675. The van der Waals surface area contributed by atoms with E-state index >= 15 is 0 Å². The van der Waals surface area contributed by atoms with Crippen LogP contribution in [0.3, 0.4) is 0 Å². The maximum absolute atomic E-state index is 4.43. The Labute approximate surface area is 120 Å². The molecule has 4 nitrogen and oxygen atoms in total. The number of aromatic amines is 1. The zero-order chi connectivity index (χ0) is 13.6. The molecular weight excluding hydrogens is 248 g/mol. The molecule has 1 atom stereocenters. The fourth-order valence-electron chi connectivity index (χ4n) is 3.05. The molecule has 2 aromatic rings. The van der Waals surface area contributed by atoms with Crippen LogP contribution in [0, 0.1) is 0 Å². The number of nitrogens with zero attached hydrogens (tertiary/aromatic N) is 3. The molecule has 3 heterocycles. The van der Waals surface area contributed by atoms with Crippen LogP contribution in [-0.4, -0.2) is 32.7 Å². The third kappa shape index (κ3) is 3.45. The van der Waals surface area contributed by atoms with E-state index in [1.807, 2.05) is 18.5 Å². The van der Waals surface area contributed by atoms with Crippen LogP contribution in [0.1, 0.15) is 37.1 Å². The highest BCUT2D eigenvalue weighted by Gasteiger charge is 2.22. The molecule has 1 aliphatic heterocycles. The molecule has 2 aromatic heterocycles. The number of aromatic nitrogens is 3. The minimum atomic E-state index is 0.675. The lowest BCUT2D eigenvalue weighted by atomic mass is 9.97. The van der Waals surface area contributed by atoms with Crippen molar-refractivity contribution in [2.24, 2.45) is 0 Å². The van der Waals surface area contributed by atoms with Gasteiger partial charge < -0.3 is 0 Å². The fraction of sp³-hybridized carbons (Fsp3) is 0.500. The van der Waals surface area contributed by atoms with Crippen molar-refractivity contribution in [2.75, 3.05) is 6.54 Å². The molecule has 4 heteroatoms. The van der Waals surface area contributed by atoms with Crippen molar-refractivity contribution in [3.8, 4) is 0 Å². The summed E-state index contributed by atoms with van der Waals surface area (Å²) in [6.07, 6.45) is 9.97. The van der Waals surface area contributed by atoms with Gasteiger partial charge in [-0.25, -0.2) is 0 Å². The summed E-state index contributed by atoms with van der Waals surface area (Å²) in [5.74, 6) is 0. The van der Waals surface area contributed by atoms with Crippen molar-refractivity contribution in [1.82, 2.24) is 20.1 Å². The largest absolute Gasteiger partial charge is 0.295 e. The van der Waals surface area contributed by atoms with Crippen LogP contribution in [0.25, 0.3) is 0 Å². The van der Waals surface area contributed by atoms with Crippen LogP contribution in [0.4, 0.5) is 0 Å². The average molecular weight is 270 g/mol. The molecule has 1 fully saturated rings. The fourth-order valence-corrected chi connectivity index (χ4v) is 3.05. The maximum Gasteiger partial charge on any atom is 0.0492 e. The zero-order valence-corrected chi connectivity index (χ0v) is 11.8. The van der Waals surface area contributed by atoms with Gasteiger partial charge in [0.25, 0.3) is 0 Å². The monoisotopic (exact) mass is 270 g/mol. The van der Waals surface area contributed by atoms with Crippen molar-refractivity contribution in [3.05, 3.63) is 48.0 Å². The lowest BCUT2D eigenvalue weighted by molar-refractivity contribution is 0.130. The SMILES string of the molecule is c1ccc(CC[C@H]2CCCCN2Cc2ccn[nH]2)nc1. The highest BCUT2D eigenvalue weighted by Crippen LogP contribution is 2.22. The van der Waals surface area contributed by atoms with Crippen LogP contribution in [-0.2, 0) is 13.0 Å². The molecule has 20 heavy (non-hydrogen) atoms. The highest BCUT2D eigenvalue weighted by atomic mass is 15.2. The van der Waals surface area contributed by atoms with Crippen LogP contribution in [0.5, 0.6) is 0 Å². The first-order valence-electron chi connectivity index (χ1n) is 7.54. The summed E-state index contributed by atoms with van der Waals surface area (Å²) in [6.45, 7) is 2.19. The molecule has 1 aliphatic rings. The van der Waals surface area contributed by atoms with Crippen molar-refractivity contribution >= 4 is 0 Å². The summed E-state index contributed by atoms with van der Waals surface area (Å²) in [5.41, 5.74) is 2.43. The van der Waals surface area contributed by atoms with Gasteiger partial charge in [0, 0.05) is 36.4 Å². The van der Waals surface area contributed by atoms with Gasteiger partial charge in [0.05, 0.1) is 0 Å². The second-order valence-corrected chi connectivity index (χ2v) is 5.56. The molecule has 0 unspecified atom stereocenters. The number of pyridine rings is 1. The predicted molar refractivity (Wildman–Crippen MR) is 79.2 cm³/mol. The second kappa shape index (κ2) is 6.66. The smallest absolute Gasteiger partial charge is 0.0492 e. The van der Waals surface area contributed by atoms with Crippen LogP contribution < -0.4 is 0 Å². The van der Waals surface area contributed by atoms with E-state index in [1.165, 1.54) is 43.6 Å². The van der Waals surface area contributed by atoms with Gasteiger partial charge in [0.1, 0.15) is 0 Å². The van der Waals surface area contributed by atoms with Gasteiger partial charge in [-0.1, -0.05) is 12.5 Å². The Morgan fingerprint density at radius 2 is 2.20 bits per heavy atom. The van der Waals surface area contributed by atoms with E-state index in [4.69, 9.17) is 0 Å². The molecular formula is C16H22N4. The molecule has 106 valence electrons. The Hall–Kier alpha value is -1.68. The van der Waals surface area contributed by atoms with Crippen LogP contribution >= 0.6 is 0 Å². The lowest BCUT2D eigenvalue weighted by Crippen LogP contribution is -2.39. The number of hydrogen-bond donors (Lipinski definition) is 1. The zero-order valence-electron chi connectivity index (χ0n) is 11.8. The van der Waals surface area contributed by atoms with Crippen molar-refractivity contribution in [2.45, 2.75) is 44.7 Å². The summed E-state index contributed by atoms with van der Waals surface area (Å²) < 4.78 is 0. The number of H-pyrrole nitrogens is 1. The van der Waals surface area contributed by atoms with Gasteiger partial charge in [-0.3, -0.25) is 15.0 Å². The van der Waals surface area contributed by atoms with E-state index in [2.05, 4.69) is 38.3 Å². The Kier molecular flexibility index (Phi) is 4.43. The number of piperidine rings is 1. The number of nitrogens with one attached hydrogen (secondary N) is 1. The topological polar surface area (TPSA) is 44.8 Å².